The average molecular weight is 286 g/mol. The number of nitrogens with one attached hydrogen (secondary N) is 1. The van der Waals surface area contributed by atoms with Gasteiger partial charge in [-0.3, -0.25) is 9.59 Å². The monoisotopic (exact) mass is 285 g/mol. The maximum atomic E-state index is 11.5. The topological polar surface area (TPSA) is 75.6 Å². The fourth-order valence-electron chi connectivity index (χ4n) is 1.47. The van der Waals surface area contributed by atoms with Gasteiger partial charge in [0.1, 0.15) is 5.75 Å². The van der Waals surface area contributed by atoms with Crippen LogP contribution in [-0.4, -0.2) is 23.6 Å². The molecule has 1 aromatic carbocycles. The first-order valence-electron chi connectivity index (χ1n) is 5.97. The predicted molar refractivity (Wildman–Crippen MR) is 72.7 cm³/mol. The van der Waals surface area contributed by atoms with Crippen LogP contribution in [-0.2, 0) is 9.59 Å². The molecule has 0 heterocycles. The van der Waals surface area contributed by atoms with Gasteiger partial charge < -0.3 is 15.2 Å². The molecule has 6 heteroatoms. The Labute approximate surface area is 116 Å². The first-order chi connectivity index (χ1) is 9.02. The van der Waals surface area contributed by atoms with E-state index in [-0.39, 0.29) is 18.7 Å². The first kappa shape index (κ1) is 15.3. The van der Waals surface area contributed by atoms with E-state index in [0.717, 1.165) is 0 Å². The lowest BCUT2D eigenvalue weighted by atomic mass is 10.2. The van der Waals surface area contributed by atoms with Gasteiger partial charge in [0.15, 0.2) is 0 Å². The molecule has 1 aromatic rings. The van der Waals surface area contributed by atoms with Crippen molar-refractivity contribution in [2.75, 3.05) is 11.9 Å². The second-order valence-corrected chi connectivity index (χ2v) is 4.28. The number of anilines is 1. The van der Waals surface area contributed by atoms with E-state index in [9.17, 15) is 9.59 Å². The van der Waals surface area contributed by atoms with Crippen LogP contribution in [0.4, 0.5) is 5.69 Å². The number of halogens is 1. The quantitative estimate of drug-likeness (QED) is 0.807. The lowest BCUT2D eigenvalue weighted by Gasteiger charge is -2.09. The number of hydrogen-bond acceptors (Lipinski definition) is 3. The largest absolute Gasteiger partial charge is 0.492 e. The summed E-state index contributed by atoms with van der Waals surface area (Å²) < 4.78 is 5.28. The lowest BCUT2D eigenvalue weighted by molar-refractivity contribution is -0.137. The molecule has 0 bridgehead atoms. The molecule has 0 fully saturated rings. The van der Waals surface area contributed by atoms with Crippen LogP contribution in [0.5, 0.6) is 5.75 Å². The van der Waals surface area contributed by atoms with Crippen molar-refractivity contribution in [3.05, 3.63) is 23.2 Å². The van der Waals surface area contributed by atoms with Crippen molar-refractivity contribution >= 4 is 29.2 Å². The zero-order valence-electron chi connectivity index (χ0n) is 10.6. The van der Waals surface area contributed by atoms with Crippen LogP contribution in [0.15, 0.2) is 18.2 Å². The molecule has 0 spiro atoms. The molecule has 0 aliphatic rings. The van der Waals surface area contributed by atoms with Crippen molar-refractivity contribution in [3.8, 4) is 5.75 Å². The van der Waals surface area contributed by atoms with Gasteiger partial charge >= 0.3 is 5.97 Å². The highest BCUT2D eigenvalue weighted by Crippen LogP contribution is 2.27. The molecular formula is C13H16ClNO4. The summed E-state index contributed by atoms with van der Waals surface area (Å²) in [6.07, 6.45) is 0.459. The van der Waals surface area contributed by atoms with E-state index in [1.807, 2.05) is 6.92 Å². The molecule has 1 rings (SSSR count). The van der Waals surface area contributed by atoms with Crippen LogP contribution in [0.1, 0.15) is 26.2 Å². The highest BCUT2D eigenvalue weighted by atomic mass is 35.5. The van der Waals surface area contributed by atoms with Gasteiger partial charge in [-0.05, 0) is 31.5 Å². The van der Waals surface area contributed by atoms with Gasteiger partial charge in [0.2, 0.25) is 5.91 Å². The number of ether oxygens (including phenoxy) is 1. The van der Waals surface area contributed by atoms with E-state index in [2.05, 4.69) is 5.32 Å². The summed E-state index contributed by atoms with van der Waals surface area (Å²) in [6, 6.07) is 4.96. The third-order valence-electron chi connectivity index (χ3n) is 2.31. The van der Waals surface area contributed by atoms with Gasteiger partial charge in [-0.2, -0.15) is 0 Å². The molecule has 0 aliphatic carbocycles. The van der Waals surface area contributed by atoms with E-state index in [1.165, 1.54) is 0 Å². The molecule has 0 aromatic heterocycles. The molecule has 0 atom stereocenters. The Morgan fingerprint density at radius 3 is 2.68 bits per heavy atom. The molecule has 2 N–H and O–H groups in total. The Bertz CT molecular complexity index is 462. The Morgan fingerprint density at radius 2 is 2.11 bits per heavy atom. The van der Waals surface area contributed by atoms with Crippen molar-refractivity contribution in [2.24, 2.45) is 0 Å². The number of rotatable bonds is 7. The van der Waals surface area contributed by atoms with Gasteiger partial charge in [0.25, 0.3) is 0 Å². The fourth-order valence-corrected chi connectivity index (χ4v) is 1.71. The van der Waals surface area contributed by atoms with E-state index < -0.39 is 5.97 Å². The van der Waals surface area contributed by atoms with Crippen LogP contribution in [0.2, 0.25) is 5.02 Å². The van der Waals surface area contributed by atoms with Crippen LogP contribution < -0.4 is 10.1 Å². The summed E-state index contributed by atoms with van der Waals surface area (Å²) in [4.78, 5) is 21.9. The van der Waals surface area contributed by atoms with Crippen LogP contribution in [0, 0.1) is 0 Å². The second kappa shape index (κ2) is 7.63. The van der Waals surface area contributed by atoms with Gasteiger partial charge in [0.05, 0.1) is 11.6 Å². The highest BCUT2D eigenvalue weighted by Gasteiger charge is 2.07. The zero-order chi connectivity index (χ0) is 14.3. The number of carbonyl (C=O) groups excluding carboxylic acids is 1. The summed E-state index contributed by atoms with van der Waals surface area (Å²) in [5, 5.41) is 11.5. The second-order valence-electron chi connectivity index (χ2n) is 3.87. The maximum absolute atomic E-state index is 11.5. The minimum Gasteiger partial charge on any atom is -0.492 e. The number of aliphatic carboxylic acids is 1. The Morgan fingerprint density at radius 1 is 1.37 bits per heavy atom. The van der Waals surface area contributed by atoms with Crippen molar-refractivity contribution in [1.82, 2.24) is 0 Å². The smallest absolute Gasteiger partial charge is 0.303 e. The molecule has 0 saturated heterocycles. The van der Waals surface area contributed by atoms with Crippen LogP contribution in [0.3, 0.4) is 0 Å². The molecule has 1 amide bonds. The average Bonchev–Trinajstić information content (AvgIpc) is 2.32. The SMILES string of the molecule is CCOc1ccc(NC(=O)CCCC(=O)O)cc1Cl. The van der Waals surface area contributed by atoms with Crippen molar-refractivity contribution < 1.29 is 19.4 Å². The summed E-state index contributed by atoms with van der Waals surface area (Å²) in [5.74, 6) is -0.577. The molecule has 104 valence electrons. The Kier molecular flexibility index (Phi) is 6.15. The van der Waals surface area contributed by atoms with Gasteiger partial charge in [-0.25, -0.2) is 0 Å². The molecular weight excluding hydrogens is 270 g/mol. The zero-order valence-corrected chi connectivity index (χ0v) is 11.4. The number of carboxylic acid groups (broad SMARTS) is 1. The van der Waals surface area contributed by atoms with Crippen molar-refractivity contribution in [3.63, 3.8) is 0 Å². The van der Waals surface area contributed by atoms with Crippen molar-refractivity contribution in [2.45, 2.75) is 26.2 Å². The molecule has 0 aliphatic heterocycles. The van der Waals surface area contributed by atoms with E-state index in [1.54, 1.807) is 18.2 Å². The predicted octanol–water partition coefficient (Wildman–Crippen LogP) is 2.93. The Balaban J connectivity index is 2.50. The summed E-state index contributed by atoms with van der Waals surface area (Å²) >= 11 is 5.98. The molecule has 19 heavy (non-hydrogen) atoms. The van der Waals surface area contributed by atoms with Gasteiger partial charge in [-0.1, -0.05) is 11.6 Å². The summed E-state index contributed by atoms with van der Waals surface area (Å²) in [7, 11) is 0. The first-order valence-corrected chi connectivity index (χ1v) is 6.34. The van der Waals surface area contributed by atoms with Gasteiger partial charge in [-0.15, -0.1) is 0 Å². The molecule has 0 radical (unpaired) electrons. The Hall–Kier alpha value is -1.75. The van der Waals surface area contributed by atoms with E-state index >= 15 is 0 Å². The normalized spacial score (nSPS) is 10.0. The summed E-state index contributed by atoms with van der Waals surface area (Å²) in [5.41, 5.74) is 0.564. The number of carbonyl (C=O) groups is 2. The van der Waals surface area contributed by atoms with Crippen LogP contribution >= 0.6 is 11.6 Å². The third kappa shape index (κ3) is 5.61. The third-order valence-corrected chi connectivity index (χ3v) is 2.61. The minimum absolute atomic E-state index is 0.0164. The molecule has 5 nitrogen and oxygen atoms in total. The number of amides is 1. The van der Waals surface area contributed by atoms with E-state index in [4.69, 9.17) is 21.4 Å². The maximum Gasteiger partial charge on any atom is 0.303 e. The molecule has 0 unspecified atom stereocenters. The van der Waals surface area contributed by atoms with Crippen LogP contribution in [0.25, 0.3) is 0 Å². The highest BCUT2D eigenvalue weighted by molar-refractivity contribution is 6.32. The number of carboxylic acids is 1. The number of hydrogen-bond donors (Lipinski definition) is 2. The fraction of sp³-hybridized carbons (Fsp3) is 0.385. The van der Waals surface area contributed by atoms with E-state index in [0.29, 0.717) is 29.5 Å². The standard InChI is InChI=1S/C13H16ClNO4/c1-2-19-11-7-6-9(8-10(11)14)15-12(16)4-3-5-13(17)18/h6-8H,2-5H2,1H3,(H,15,16)(H,17,18). The van der Waals surface area contributed by atoms with Gasteiger partial charge in [0, 0.05) is 18.5 Å². The summed E-state index contributed by atoms with van der Waals surface area (Å²) in [6.45, 7) is 2.37. The lowest BCUT2D eigenvalue weighted by Crippen LogP contribution is -2.11. The number of benzene rings is 1. The minimum atomic E-state index is -0.906. The van der Waals surface area contributed by atoms with Crippen molar-refractivity contribution in [1.29, 1.82) is 0 Å². The molecule has 0 saturated carbocycles.